The molecule has 1 aliphatic carbocycles. The van der Waals surface area contributed by atoms with Gasteiger partial charge in [0.15, 0.2) is 0 Å². The molecule has 1 fully saturated rings. The highest BCUT2D eigenvalue weighted by Gasteiger charge is 2.47. The molecule has 0 radical (unpaired) electrons. The Morgan fingerprint density at radius 2 is 1.64 bits per heavy atom. The molecule has 0 aliphatic heterocycles. The molecule has 2 aromatic rings. The zero-order valence-electron chi connectivity index (χ0n) is 22.2. The molecule has 0 bridgehead atoms. The van der Waals surface area contributed by atoms with Gasteiger partial charge in [0, 0.05) is 12.6 Å². The zero-order valence-corrected chi connectivity index (χ0v) is 22.2. The third-order valence-corrected chi connectivity index (χ3v) is 6.32. The van der Waals surface area contributed by atoms with E-state index >= 15 is 0 Å². The van der Waals surface area contributed by atoms with Crippen molar-refractivity contribution in [2.75, 3.05) is 0 Å². The first-order valence-electron chi connectivity index (χ1n) is 12.7. The van der Waals surface area contributed by atoms with Crippen LogP contribution in [0.15, 0.2) is 54.6 Å². The highest BCUT2D eigenvalue weighted by atomic mass is 16.6. The van der Waals surface area contributed by atoms with Crippen molar-refractivity contribution in [2.24, 2.45) is 5.92 Å². The van der Waals surface area contributed by atoms with E-state index in [1.54, 1.807) is 32.6 Å². The Bertz CT molecular complexity index is 1050. The van der Waals surface area contributed by atoms with Crippen LogP contribution in [0.1, 0.15) is 70.7 Å². The third kappa shape index (κ3) is 7.33. The van der Waals surface area contributed by atoms with Gasteiger partial charge in [-0.15, -0.1) is 0 Å². The minimum Gasteiger partial charge on any atom is -0.444 e. The number of aryl methyl sites for hydroxylation is 1. The highest BCUT2D eigenvalue weighted by Crippen LogP contribution is 2.40. The van der Waals surface area contributed by atoms with E-state index in [1.165, 1.54) is 0 Å². The van der Waals surface area contributed by atoms with Gasteiger partial charge >= 0.3 is 6.09 Å². The lowest BCUT2D eigenvalue weighted by molar-refractivity contribution is -0.143. The van der Waals surface area contributed by atoms with Crippen LogP contribution in [0, 0.1) is 5.92 Å². The summed E-state index contributed by atoms with van der Waals surface area (Å²) in [5.41, 5.74) is 2.19. The number of rotatable bonds is 9. The van der Waals surface area contributed by atoms with Crippen molar-refractivity contribution in [1.29, 1.82) is 0 Å². The second-order valence-electron chi connectivity index (χ2n) is 10.6. The van der Waals surface area contributed by atoms with Gasteiger partial charge in [-0.3, -0.25) is 9.59 Å². The van der Waals surface area contributed by atoms with Crippen LogP contribution < -0.4 is 10.6 Å². The monoisotopic (exact) mass is 493 g/mol. The SMILES string of the molecule is CCc1ccc(C(C(=O)NCc2ccccc2)N(C(=O)C(C)NC(=O)OC(C)(C)C)C2CC2C)cc1. The molecular formula is C29H39N3O4. The van der Waals surface area contributed by atoms with Crippen LogP contribution in [0.2, 0.25) is 0 Å². The van der Waals surface area contributed by atoms with Crippen LogP contribution in [0.3, 0.4) is 0 Å². The predicted molar refractivity (Wildman–Crippen MR) is 140 cm³/mol. The highest BCUT2D eigenvalue weighted by molar-refractivity contribution is 5.92. The fraction of sp³-hybridized carbons (Fsp3) is 0.483. The Labute approximate surface area is 214 Å². The molecule has 36 heavy (non-hydrogen) atoms. The number of carbonyl (C=O) groups excluding carboxylic acids is 3. The molecule has 2 aromatic carbocycles. The van der Waals surface area contributed by atoms with Crippen LogP contribution in [0.25, 0.3) is 0 Å². The van der Waals surface area contributed by atoms with E-state index in [1.807, 2.05) is 54.6 Å². The van der Waals surface area contributed by atoms with Crippen molar-refractivity contribution in [3.05, 3.63) is 71.3 Å². The summed E-state index contributed by atoms with van der Waals surface area (Å²) in [6, 6.07) is 15.8. The Balaban J connectivity index is 1.89. The molecule has 0 spiro atoms. The average Bonchev–Trinajstić information content (AvgIpc) is 3.55. The summed E-state index contributed by atoms with van der Waals surface area (Å²) in [6.07, 6.45) is 1.02. The van der Waals surface area contributed by atoms with Crippen LogP contribution in [0.5, 0.6) is 0 Å². The van der Waals surface area contributed by atoms with Crippen LogP contribution >= 0.6 is 0 Å². The number of hydrogen-bond acceptors (Lipinski definition) is 4. The molecule has 4 atom stereocenters. The molecule has 0 saturated heterocycles. The summed E-state index contributed by atoms with van der Waals surface area (Å²) < 4.78 is 5.34. The molecule has 1 aliphatic rings. The van der Waals surface area contributed by atoms with Gasteiger partial charge in [-0.1, -0.05) is 68.4 Å². The van der Waals surface area contributed by atoms with Crippen molar-refractivity contribution < 1.29 is 19.1 Å². The van der Waals surface area contributed by atoms with Gasteiger partial charge in [0.1, 0.15) is 17.7 Å². The maximum absolute atomic E-state index is 13.8. The summed E-state index contributed by atoms with van der Waals surface area (Å²) in [5, 5.41) is 5.68. The van der Waals surface area contributed by atoms with E-state index in [0.717, 1.165) is 29.5 Å². The van der Waals surface area contributed by atoms with Gasteiger partial charge in [-0.2, -0.15) is 0 Å². The molecule has 3 rings (SSSR count). The van der Waals surface area contributed by atoms with Crippen LogP contribution in [0.4, 0.5) is 4.79 Å². The Hall–Kier alpha value is -3.35. The third-order valence-electron chi connectivity index (χ3n) is 6.32. The zero-order chi connectivity index (χ0) is 26.5. The molecule has 2 N–H and O–H groups in total. The maximum Gasteiger partial charge on any atom is 0.408 e. The Morgan fingerprint density at radius 1 is 1.03 bits per heavy atom. The van der Waals surface area contributed by atoms with E-state index < -0.39 is 23.8 Å². The lowest BCUT2D eigenvalue weighted by Gasteiger charge is -2.34. The van der Waals surface area contributed by atoms with E-state index in [4.69, 9.17) is 4.74 Å². The molecular weight excluding hydrogens is 454 g/mol. The van der Waals surface area contributed by atoms with Crippen molar-refractivity contribution in [2.45, 2.75) is 84.7 Å². The average molecular weight is 494 g/mol. The quantitative estimate of drug-likeness (QED) is 0.527. The molecule has 0 heterocycles. The molecule has 4 unspecified atom stereocenters. The van der Waals surface area contributed by atoms with E-state index in [2.05, 4.69) is 24.5 Å². The van der Waals surface area contributed by atoms with Crippen molar-refractivity contribution in [3.63, 3.8) is 0 Å². The number of amides is 3. The van der Waals surface area contributed by atoms with Crippen molar-refractivity contribution in [3.8, 4) is 0 Å². The number of alkyl carbamates (subject to hydrolysis) is 1. The summed E-state index contributed by atoms with van der Waals surface area (Å²) in [4.78, 5) is 41.5. The lowest BCUT2D eigenvalue weighted by atomic mass is 10.00. The second kappa shape index (κ2) is 11.6. The van der Waals surface area contributed by atoms with Gasteiger partial charge in [-0.05, 0) is 63.1 Å². The number of ether oxygens (including phenoxy) is 1. The molecule has 0 aromatic heterocycles. The van der Waals surface area contributed by atoms with Gasteiger partial charge in [0.25, 0.3) is 0 Å². The van der Waals surface area contributed by atoms with Crippen molar-refractivity contribution >= 4 is 17.9 Å². The molecule has 3 amide bonds. The number of benzene rings is 2. The minimum atomic E-state index is -0.855. The molecule has 7 nitrogen and oxygen atoms in total. The summed E-state index contributed by atoms with van der Waals surface area (Å²) in [7, 11) is 0. The standard InChI is InChI=1S/C29H39N3O4/c1-7-21-13-15-23(16-14-21)25(26(33)30-18-22-11-9-8-10-12-22)32(24-17-19(24)2)27(34)20(3)31-28(35)36-29(4,5)6/h8-16,19-20,24-25H,7,17-18H2,1-6H3,(H,30,33)(H,31,35). The first kappa shape index (κ1) is 27.2. The minimum absolute atomic E-state index is 0.0845. The van der Waals surface area contributed by atoms with Crippen LogP contribution in [-0.2, 0) is 27.3 Å². The smallest absolute Gasteiger partial charge is 0.408 e. The summed E-state index contributed by atoms with van der Waals surface area (Å²) in [5.74, 6) is -0.295. The summed E-state index contributed by atoms with van der Waals surface area (Å²) >= 11 is 0. The first-order chi connectivity index (χ1) is 17.0. The van der Waals surface area contributed by atoms with Crippen LogP contribution in [-0.4, -0.2) is 40.5 Å². The molecule has 1 saturated carbocycles. The molecule has 194 valence electrons. The lowest BCUT2D eigenvalue weighted by Crippen LogP contribution is -2.53. The largest absolute Gasteiger partial charge is 0.444 e. The maximum atomic E-state index is 13.8. The fourth-order valence-electron chi connectivity index (χ4n) is 4.20. The van der Waals surface area contributed by atoms with Gasteiger partial charge in [-0.25, -0.2) is 4.79 Å². The number of hydrogen-bond donors (Lipinski definition) is 2. The number of carbonyl (C=O) groups is 3. The number of nitrogens with one attached hydrogen (secondary N) is 2. The second-order valence-corrected chi connectivity index (χ2v) is 10.6. The van der Waals surface area contributed by atoms with Gasteiger partial charge in [0.2, 0.25) is 11.8 Å². The Morgan fingerprint density at radius 3 is 2.17 bits per heavy atom. The summed E-state index contributed by atoms with van der Waals surface area (Å²) in [6.45, 7) is 11.4. The van der Waals surface area contributed by atoms with Crippen molar-refractivity contribution in [1.82, 2.24) is 15.5 Å². The van der Waals surface area contributed by atoms with E-state index in [-0.39, 0.29) is 23.8 Å². The van der Waals surface area contributed by atoms with Gasteiger partial charge < -0.3 is 20.3 Å². The Kier molecular flexibility index (Phi) is 8.77. The van der Waals surface area contributed by atoms with E-state index in [0.29, 0.717) is 6.54 Å². The number of nitrogens with zero attached hydrogens (tertiary/aromatic N) is 1. The molecule has 7 heteroatoms. The first-order valence-corrected chi connectivity index (χ1v) is 12.7. The van der Waals surface area contributed by atoms with E-state index in [9.17, 15) is 14.4 Å². The fourth-order valence-corrected chi connectivity index (χ4v) is 4.20. The van der Waals surface area contributed by atoms with Gasteiger partial charge in [0.05, 0.1) is 0 Å². The topological polar surface area (TPSA) is 87.7 Å². The predicted octanol–water partition coefficient (Wildman–Crippen LogP) is 4.76. The normalized spacial score (nSPS) is 18.5.